The number of ether oxygens (including phenoxy) is 2. The van der Waals surface area contributed by atoms with Gasteiger partial charge in [0.25, 0.3) is 5.91 Å². The number of benzene rings is 2. The highest BCUT2D eigenvalue weighted by Gasteiger charge is 2.23. The van der Waals surface area contributed by atoms with Gasteiger partial charge < -0.3 is 19.8 Å². The van der Waals surface area contributed by atoms with Crippen LogP contribution in [0.25, 0.3) is 11.0 Å². The van der Waals surface area contributed by atoms with E-state index in [4.69, 9.17) is 32.7 Å². The second-order valence-corrected chi connectivity index (χ2v) is 7.43. The molecular formula is C22H18Cl2N4O3. The number of halogens is 2. The van der Waals surface area contributed by atoms with Gasteiger partial charge in [-0.15, -0.1) is 0 Å². The number of hydrogen-bond donors (Lipinski definition) is 2. The van der Waals surface area contributed by atoms with Gasteiger partial charge >= 0.3 is 0 Å². The first-order valence-electron chi connectivity index (χ1n) is 9.28. The van der Waals surface area contributed by atoms with Gasteiger partial charge in [0.2, 0.25) is 0 Å². The number of methoxy groups -OCH3 is 2. The van der Waals surface area contributed by atoms with E-state index in [1.165, 1.54) is 12.4 Å². The van der Waals surface area contributed by atoms with Crippen LogP contribution < -0.4 is 10.1 Å². The average molecular weight is 457 g/mol. The van der Waals surface area contributed by atoms with Crippen LogP contribution in [0, 0.1) is 0 Å². The largest absolute Gasteiger partial charge is 0.494 e. The number of carbonyl (C=O) groups is 1. The molecule has 4 aromatic rings. The number of nitrogens with one attached hydrogen (secondary N) is 2. The van der Waals surface area contributed by atoms with Gasteiger partial charge in [-0.05, 0) is 17.7 Å². The number of nitrogens with zero attached hydrogens (tertiary/aromatic N) is 2. The second-order valence-electron chi connectivity index (χ2n) is 6.62. The van der Waals surface area contributed by atoms with Crippen LogP contribution in [0.5, 0.6) is 5.75 Å². The summed E-state index contributed by atoms with van der Waals surface area (Å²) in [6, 6.07) is 13.0. The Kier molecular flexibility index (Phi) is 6.08. The molecule has 31 heavy (non-hydrogen) atoms. The fraction of sp³-hybridized carbons (Fsp3) is 0.136. The van der Waals surface area contributed by atoms with Crippen molar-refractivity contribution >= 4 is 45.8 Å². The Labute approximate surface area is 188 Å². The third kappa shape index (κ3) is 4.07. The van der Waals surface area contributed by atoms with E-state index in [2.05, 4.69) is 20.3 Å². The van der Waals surface area contributed by atoms with Crippen molar-refractivity contribution in [1.82, 2.24) is 15.0 Å². The fourth-order valence-electron chi connectivity index (χ4n) is 3.31. The summed E-state index contributed by atoms with van der Waals surface area (Å²) in [5.41, 5.74) is 2.54. The monoisotopic (exact) mass is 456 g/mol. The van der Waals surface area contributed by atoms with Gasteiger partial charge in [-0.1, -0.05) is 53.5 Å². The quantitative estimate of drug-likeness (QED) is 0.412. The van der Waals surface area contributed by atoms with Crippen molar-refractivity contribution in [3.05, 3.63) is 81.9 Å². The molecule has 1 unspecified atom stereocenters. The molecule has 0 saturated heterocycles. The summed E-state index contributed by atoms with van der Waals surface area (Å²) in [6.45, 7) is 0. The van der Waals surface area contributed by atoms with E-state index in [1.54, 1.807) is 26.4 Å². The van der Waals surface area contributed by atoms with E-state index in [-0.39, 0.29) is 15.7 Å². The molecule has 0 fully saturated rings. The molecule has 0 spiro atoms. The van der Waals surface area contributed by atoms with E-state index in [0.717, 1.165) is 5.56 Å². The maximum atomic E-state index is 13.1. The normalized spacial score (nSPS) is 12.0. The SMILES string of the molecule is COc1ccc(C(=O)Nc2c(Cl)cncc2Cl)c2nc(C(OC)c3ccccc3)[nH]c12. The Bertz CT molecular complexity index is 1220. The van der Waals surface area contributed by atoms with Crippen LogP contribution in [0.2, 0.25) is 10.0 Å². The van der Waals surface area contributed by atoms with E-state index in [9.17, 15) is 4.79 Å². The van der Waals surface area contributed by atoms with Crippen LogP contribution in [0.3, 0.4) is 0 Å². The number of rotatable bonds is 6. The van der Waals surface area contributed by atoms with E-state index in [0.29, 0.717) is 28.2 Å². The van der Waals surface area contributed by atoms with Crippen molar-refractivity contribution in [3.63, 3.8) is 0 Å². The Balaban J connectivity index is 1.79. The summed E-state index contributed by atoms with van der Waals surface area (Å²) < 4.78 is 11.1. The average Bonchev–Trinajstić information content (AvgIpc) is 3.21. The lowest BCUT2D eigenvalue weighted by molar-refractivity contribution is 0.102. The van der Waals surface area contributed by atoms with E-state index >= 15 is 0 Å². The number of amides is 1. The highest BCUT2D eigenvalue weighted by atomic mass is 35.5. The van der Waals surface area contributed by atoms with Crippen LogP contribution in [-0.4, -0.2) is 35.1 Å². The summed E-state index contributed by atoms with van der Waals surface area (Å²) in [4.78, 5) is 24.9. The number of aromatic amines is 1. The lowest BCUT2D eigenvalue weighted by Crippen LogP contribution is -2.13. The molecule has 2 N–H and O–H groups in total. The summed E-state index contributed by atoms with van der Waals surface area (Å²) in [5, 5.41) is 3.21. The van der Waals surface area contributed by atoms with Crippen LogP contribution in [0.4, 0.5) is 5.69 Å². The Hall–Kier alpha value is -3.13. The second kappa shape index (κ2) is 8.93. The highest BCUT2D eigenvalue weighted by Crippen LogP contribution is 2.33. The van der Waals surface area contributed by atoms with Crippen molar-refractivity contribution in [1.29, 1.82) is 0 Å². The molecular weight excluding hydrogens is 439 g/mol. The Morgan fingerprint density at radius 3 is 2.42 bits per heavy atom. The Morgan fingerprint density at radius 1 is 1.06 bits per heavy atom. The summed E-state index contributed by atoms with van der Waals surface area (Å²) >= 11 is 12.3. The van der Waals surface area contributed by atoms with Crippen molar-refractivity contribution in [3.8, 4) is 5.75 Å². The maximum Gasteiger partial charge on any atom is 0.258 e. The summed E-state index contributed by atoms with van der Waals surface area (Å²) in [6.07, 6.45) is 2.36. The van der Waals surface area contributed by atoms with Crippen molar-refractivity contribution < 1.29 is 14.3 Å². The third-order valence-electron chi connectivity index (χ3n) is 4.77. The topological polar surface area (TPSA) is 89.1 Å². The lowest BCUT2D eigenvalue weighted by atomic mass is 10.1. The molecule has 1 amide bonds. The minimum absolute atomic E-state index is 0.233. The highest BCUT2D eigenvalue weighted by molar-refractivity contribution is 6.39. The molecule has 7 nitrogen and oxygen atoms in total. The van der Waals surface area contributed by atoms with Crippen LogP contribution >= 0.6 is 23.2 Å². The molecule has 0 radical (unpaired) electrons. The minimum atomic E-state index is -0.446. The van der Waals surface area contributed by atoms with Gasteiger partial charge in [0.1, 0.15) is 28.7 Å². The molecule has 4 rings (SSSR count). The zero-order valence-electron chi connectivity index (χ0n) is 16.6. The minimum Gasteiger partial charge on any atom is -0.494 e. The van der Waals surface area contributed by atoms with Crippen molar-refractivity contribution in [2.75, 3.05) is 19.5 Å². The fourth-order valence-corrected chi connectivity index (χ4v) is 3.77. The molecule has 158 valence electrons. The van der Waals surface area contributed by atoms with Gasteiger partial charge in [-0.2, -0.15) is 0 Å². The number of anilines is 1. The van der Waals surface area contributed by atoms with E-state index in [1.807, 2.05) is 30.3 Å². The zero-order chi connectivity index (χ0) is 22.0. The number of H-pyrrole nitrogens is 1. The molecule has 0 aliphatic heterocycles. The number of imidazole rings is 1. The number of fused-ring (bicyclic) bond motifs is 1. The van der Waals surface area contributed by atoms with Gasteiger partial charge in [0.15, 0.2) is 0 Å². The first-order chi connectivity index (χ1) is 15.0. The van der Waals surface area contributed by atoms with Gasteiger partial charge in [0.05, 0.1) is 28.4 Å². The van der Waals surface area contributed by atoms with Crippen LogP contribution in [0.1, 0.15) is 27.8 Å². The third-order valence-corrected chi connectivity index (χ3v) is 5.34. The van der Waals surface area contributed by atoms with Gasteiger partial charge in [0, 0.05) is 19.5 Å². The Morgan fingerprint density at radius 2 is 1.77 bits per heavy atom. The summed E-state index contributed by atoms with van der Waals surface area (Å²) in [5.74, 6) is 0.671. The molecule has 1 atom stereocenters. The molecule has 9 heteroatoms. The van der Waals surface area contributed by atoms with Crippen LogP contribution in [-0.2, 0) is 4.74 Å². The number of hydrogen-bond acceptors (Lipinski definition) is 5. The molecule has 0 aliphatic rings. The number of carbonyl (C=O) groups excluding carboxylic acids is 1. The van der Waals surface area contributed by atoms with E-state index < -0.39 is 12.0 Å². The van der Waals surface area contributed by atoms with Crippen molar-refractivity contribution in [2.45, 2.75) is 6.10 Å². The first-order valence-corrected chi connectivity index (χ1v) is 10.0. The molecule has 0 bridgehead atoms. The predicted octanol–water partition coefficient (Wildman–Crippen LogP) is 5.26. The standard InChI is InChI=1S/C22H18Cl2N4O3/c1-30-16-9-8-13(22(29)28-18-14(23)10-25-11-15(18)24)17-19(16)27-21(26-17)20(31-2)12-6-4-3-5-7-12/h3-11,20H,1-2H3,(H,26,27)(H,25,28,29). The summed E-state index contributed by atoms with van der Waals surface area (Å²) in [7, 11) is 3.15. The smallest absolute Gasteiger partial charge is 0.258 e. The van der Waals surface area contributed by atoms with Gasteiger partial charge in [-0.3, -0.25) is 9.78 Å². The first kappa shape index (κ1) is 21.1. The molecule has 2 heterocycles. The maximum absolute atomic E-state index is 13.1. The predicted molar refractivity (Wildman–Crippen MR) is 120 cm³/mol. The van der Waals surface area contributed by atoms with Crippen molar-refractivity contribution in [2.24, 2.45) is 0 Å². The molecule has 0 aliphatic carbocycles. The molecule has 2 aromatic heterocycles. The van der Waals surface area contributed by atoms with Crippen LogP contribution in [0.15, 0.2) is 54.9 Å². The molecule has 0 saturated carbocycles. The zero-order valence-corrected chi connectivity index (χ0v) is 18.2. The molecule has 2 aromatic carbocycles. The number of pyridine rings is 1. The number of aromatic nitrogens is 3. The lowest BCUT2D eigenvalue weighted by Gasteiger charge is -2.12. The van der Waals surface area contributed by atoms with Gasteiger partial charge in [-0.25, -0.2) is 4.98 Å².